The van der Waals surface area contributed by atoms with Crippen molar-refractivity contribution in [2.45, 2.75) is 120 Å². The molecule has 2 aliphatic heterocycles. The van der Waals surface area contributed by atoms with Gasteiger partial charge in [-0.2, -0.15) is 0 Å². The number of ketones is 2. The Hall–Kier alpha value is -4.08. The van der Waals surface area contributed by atoms with Gasteiger partial charge in [-0.1, -0.05) is 24.3 Å². The quantitative estimate of drug-likeness (QED) is 0.122. The van der Waals surface area contributed by atoms with E-state index in [1.165, 1.54) is 7.11 Å². The van der Waals surface area contributed by atoms with Crippen LogP contribution in [0.2, 0.25) is 0 Å². The number of aliphatic hydroxyl groups excluding tert-OH is 3. The Labute approximate surface area is 331 Å². The number of nitrogens with one attached hydrogen (secondary N) is 1. The minimum Gasteiger partial charge on any atom is -0.504 e. The fourth-order valence-electron chi connectivity index (χ4n) is 9.38. The zero-order valence-corrected chi connectivity index (χ0v) is 32.8. The molecular formula is C45H60N4O7. The van der Waals surface area contributed by atoms with E-state index >= 15 is 0 Å². The summed E-state index contributed by atoms with van der Waals surface area (Å²) >= 11 is 0. The first-order chi connectivity index (χ1) is 27.1. The fourth-order valence-corrected chi connectivity index (χ4v) is 9.38. The second kappa shape index (κ2) is 19.9. The number of carbonyl (C=O) groups excluding carboxylic acids is 2. The smallest absolute Gasteiger partial charge is 0.160 e. The number of nitrogen functional groups attached to an aromatic ring is 1. The molecule has 8 atom stereocenters. The number of allylic oxidation sites excluding steroid dienone is 1. The maximum atomic E-state index is 13.7. The van der Waals surface area contributed by atoms with Gasteiger partial charge in [0.25, 0.3) is 0 Å². The van der Waals surface area contributed by atoms with Crippen molar-refractivity contribution in [3.8, 4) is 23.3 Å². The maximum absolute atomic E-state index is 13.7. The molecular weight excluding hydrogens is 709 g/mol. The molecule has 4 aliphatic rings. The van der Waals surface area contributed by atoms with Crippen LogP contribution in [0.4, 0.5) is 5.82 Å². The highest BCUT2D eigenvalue weighted by Crippen LogP contribution is 2.39. The number of nitrogens with two attached hydrogens (primary N) is 1. The molecule has 6 rings (SSSR count). The summed E-state index contributed by atoms with van der Waals surface area (Å²) in [5, 5.41) is 47.1. The van der Waals surface area contributed by atoms with Crippen LogP contribution in [0.5, 0.6) is 11.5 Å². The lowest BCUT2D eigenvalue weighted by Gasteiger charge is -2.42. The van der Waals surface area contributed by atoms with E-state index in [9.17, 15) is 30.0 Å². The van der Waals surface area contributed by atoms with Gasteiger partial charge < -0.3 is 36.2 Å². The molecule has 1 aromatic carbocycles. The van der Waals surface area contributed by atoms with Gasteiger partial charge in [-0.15, -0.1) is 0 Å². The predicted molar refractivity (Wildman–Crippen MR) is 217 cm³/mol. The Bertz CT molecular complexity index is 1810. The van der Waals surface area contributed by atoms with Gasteiger partial charge in [0.15, 0.2) is 17.3 Å². The molecule has 2 fully saturated rings. The van der Waals surface area contributed by atoms with Crippen molar-refractivity contribution < 1.29 is 34.8 Å². The molecule has 0 radical (unpaired) electrons. The molecule has 302 valence electrons. The Balaban J connectivity index is 1.11. The number of hydrogen-bond donors (Lipinski definition) is 6. The lowest BCUT2D eigenvalue weighted by atomic mass is 9.71. The lowest BCUT2D eigenvalue weighted by Crippen LogP contribution is -2.50. The van der Waals surface area contributed by atoms with Crippen LogP contribution in [0.1, 0.15) is 105 Å². The van der Waals surface area contributed by atoms with Gasteiger partial charge in [0.05, 0.1) is 25.9 Å². The molecule has 2 aliphatic carbocycles. The van der Waals surface area contributed by atoms with E-state index in [2.05, 4.69) is 33.2 Å². The zero-order chi connectivity index (χ0) is 39.6. The van der Waals surface area contributed by atoms with Crippen molar-refractivity contribution in [2.75, 3.05) is 32.5 Å². The number of ether oxygens (including phenoxy) is 1. The lowest BCUT2D eigenvalue weighted by molar-refractivity contribution is -0.124. The van der Waals surface area contributed by atoms with E-state index < -0.39 is 18.1 Å². The van der Waals surface area contributed by atoms with Crippen LogP contribution in [-0.2, 0) is 28.9 Å². The number of nitrogens with zero attached hydrogens (tertiary/aromatic N) is 2. The molecule has 8 unspecified atom stereocenters. The van der Waals surface area contributed by atoms with Crippen molar-refractivity contribution >= 4 is 23.6 Å². The zero-order valence-electron chi connectivity index (χ0n) is 32.8. The van der Waals surface area contributed by atoms with Gasteiger partial charge in [0, 0.05) is 56.7 Å². The topological polar surface area (TPSA) is 188 Å². The normalized spacial score (nSPS) is 25.1. The summed E-state index contributed by atoms with van der Waals surface area (Å²) in [7, 11) is 1.49. The van der Waals surface area contributed by atoms with Crippen molar-refractivity contribution in [3.63, 3.8) is 0 Å². The van der Waals surface area contributed by atoms with Gasteiger partial charge in [0.2, 0.25) is 0 Å². The minimum absolute atomic E-state index is 0.0101. The molecule has 0 amide bonds. The molecule has 0 spiro atoms. The van der Waals surface area contributed by atoms with Crippen LogP contribution in [0.15, 0.2) is 41.0 Å². The Kier molecular flexibility index (Phi) is 14.7. The number of pyridine rings is 1. The molecule has 0 bridgehead atoms. The molecule has 1 saturated carbocycles. The highest BCUT2D eigenvalue weighted by molar-refractivity contribution is 5.85. The summed E-state index contributed by atoms with van der Waals surface area (Å²) < 4.78 is 5.41. The van der Waals surface area contributed by atoms with E-state index in [1.54, 1.807) is 18.3 Å². The number of methoxy groups -OCH3 is 1. The minimum atomic E-state index is -0.938. The van der Waals surface area contributed by atoms with Gasteiger partial charge in [-0.25, -0.2) is 4.98 Å². The molecule has 2 aromatic rings. The molecule has 11 heteroatoms. The standard InChI is InChI=1S/C45H60N4O7/c1-56-44-21-32-9-14-42(54)38(41(53)4-2-3-29(16-18-50)35-20-33-7-12-37(52)23-40(33)48-26-35)13-8-30(39(32)24-43(44)55)5-10-36(51)11-6-31-22-45(46)49-27-34(31)19-28-15-17-47-25-28/h15,21-22,24-25,27,29-30,33,35-36,38,40-41,48,50-51,53,55H,2-7,9-12,14,16-20,23,26H2,1H3,(H2,46,49). The van der Waals surface area contributed by atoms with Gasteiger partial charge in [0.1, 0.15) is 17.5 Å². The van der Waals surface area contributed by atoms with Crippen LogP contribution in [0.25, 0.3) is 0 Å². The SMILES string of the molecule is COc1cc2c(cc1O)C(CCC(O)CCc1cc(N)ncc1CC1=CCN=C1)C#CC(C(O)CCCC(CCO)C1CNC3CC(=O)CCC3C1)C(=O)CC2. The average Bonchev–Trinajstić information content (AvgIpc) is 3.72. The van der Waals surface area contributed by atoms with E-state index in [4.69, 9.17) is 10.5 Å². The van der Waals surface area contributed by atoms with E-state index in [0.29, 0.717) is 106 Å². The Morgan fingerprint density at radius 3 is 2.68 bits per heavy atom. The van der Waals surface area contributed by atoms with Crippen LogP contribution < -0.4 is 15.8 Å². The number of piperidine rings is 1. The third-order valence-electron chi connectivity index (χ3n) is 12.7. The number of aryl methyl sites for hydroxylation is 2. The van der Waals surface area contributed by atoms with Crippen LogP contribution >= 0.6 is 0 Å². The summed E-state index contributed by atoms with van der Waals surface area (Å²) in [6, 6.07) is 5.58. The highest BCUT2D eigenvalue weighted by Gasteiger charge is 2.37. The number of aromatic hydroxyl groups is 1. The van der Waals surface area contributed by atoms with Gasteiger partial charge >= 0.3 is 0 Å². The number of fused-ring (bicyclic) bond motifs is 2. The Morgan fingerprint density at radius 1 is 1.04 bits per heavy atom. The molecule has 7 N–H and O–H groups in total. The summed E-state index contributed by atoms with van der Waals surface area (Å²) in [6.45, 7) is 1.63. The third-order valence-corrected chi connectivity index (χ3v) is 12.7. The van der Waals surface area contributed by atoms with Crippen molar-refractivity contribution in [1.29, 1.82) is 0 Å². The first-order valence-corrected chi connectivity index (χ1v) is 20.7. The van der Waals surface area contributed by atoms with Crippen LogP contribution in [0.3, 0.4) is 0 Å². The van der Waals surface area contributed by atoms with Crippen molar-refractivity contribution in [1.82, 2.24) is 10.3 Å². The number of Topliss-reactive ketones (excluding diaryl/α,β-unsaturated/α-hetero) is 2. The number of aliphatic imine (C=N–C) groups is 1. The molecule has 1 saturated heterocycles. The largest absolute Gasteiger partial charge is 0.504 e. The number of aliphatic hydroxyl groups is 3. The molecule has 56 heavy (non-hydrogen) atoms. The molecule has 1 aromatic heterocycles. The van der Waals surface area contributed by atoms with E-state index in [1.807, 2.05) is 12.3 Å². The second-order valence-corrected chi connectivity index (χ2v) is 16.4. The fraction of sp³-hybridized carbons (Fsp3) is 0.600. The number of aromatic nitrogens is 1. The number of hydrogen-bond acceptors (Lipinski definition) is 11. The summed E-state index contributed by atoms with van der Waals surface area (Å²) in [5.41, 5.74) is 11.0. The molecule has 3 heterocycles. The highest BCUT2D eigenvalue weighted by atomic mass is 16.5. The summed E-state index contributed by atoms with van der Waals surface area (Å²) in [6.07, 6.45) is 13.5. The number of rotatable bonds is 17. The third kappa shape index (κ3) is 10.9. The summed E-state index contributed by atoms with van der Waals surface area (Å²) in [4.78, 5) is 34.3. The van der Waals surface area contributed by atoms with Crippen molar-refractivity contribution in [3.05, 3.63) is 58.3 Å². The Morgan fingerprint density at radius 2 is 1.89 bits per heavy atom. The first-order valence-electron chi connectivity index (χ1n) is 20.7. The maximum Gasteiger partial charge on any atom is 0.160 e. The van der Waals surface area contributed by atoms with Gasteiger partial charge in [-0.05, 0) is 135 Å². The summed E-state index contributed by atoms with van der Waals surface area (Å²) in [5.74, 6) is 7.43. The van der Waals surface area contributed by atoms with Crippen LogP contribution in [-0.4, -0.2) is 88.2 Å². The van der Waals surface area contributed by atoms with E-state index in [0.717, 1.165) is 53.6 Å². The second-order valence-electron chi connectivity index (χ2n) is 16.4. The van der Waals surface area contributed by atoms with Gasteiger partial charge in [-0.3, -0.25) is 14.6 Å². The average molecular weight is 769 g/mol. The number of phenols is 1. The number of anilines is 1. The van der Waals surface area contributed by atoms with Crippen molar-refractivity contribution in [2.24, 2.45) is 28.7 Å². The first kappa shape index (κ1) is 41.6. The number of benzene rings is 1. The number of phenolic OH excluding ortho intramolecular Hbond substituents is 1. The van der Waals surface area contributed by atoms with Crippen LogP contribution in [0, 0.1) is 35.5 Å². The predicted octanol–water partition coefficient (Wildman–Crippen LogP) is 4.80. The monoisotopic (exact) mass is 768 g/mol. The van der Waals surface area contributed by atoms with E-state index in [-0.39, 0.29) is 42.4 Å². The number of carbonyl (C=O) groups is 2. The molecule has 11 nitrogen and oxygen atoms in total.